The zero-order chi connectivity index (χ0) is 26.1. The number of hydrogen-bond donors (Lipinski definition) is 0. The topological polar surface area (TPSA) is 38.5 Å². The Kier molecular flexibility index (Phi) is 4.86. The zero-order valence-corrected chi connectivity index (χ0v) is 22.2. The molecule has 0 saturated heterocycles. The maximum absolute atomic E-state index is 13.7. The van der Waals surface area contributed by atoms with Gasteiger partial charge in [0.2, 0.25) is 0 Å². The van der Waals surface area contributed by atoms with Gasteiger partial charge in [-0.2, -0.15) is 0 Å². The summed E-state index contributed by atoms with van der Waals surface area (Å²) in [5.41, 5.74) is 5.82. The smallest absolute Gasteiger partial charge is 0.268 e. The fourth-order valence-electron chi connectivity index (χ4n) is 5.68. The molecule has 0 aliphatic rings. The summed E-state index contributed by atoms with van der Waals surface area (Å²) < 4.78 is 2.99. The van der Waals surface area contributed by atoms with E-state index in [-0.39, 0.29) is 11.1 Å². The Morgan fingerprint density at radius 3 is 1.77 bits per heavy atom. The van der Waals surface area contributed by atoms with Crippen molar-refractivity contribution in [1.82, 2.24) is 4.40 Å². The van der Waals surface area contributed by atoms with Gasteiger partial charge in [-0.15, -0.1) is 22.7 Å². The van der Waals surface area contributed by atoms with Gasteiger partial charge < -0.3 is 0 Å². The van der Waals surface area contributed by atoms with E-state index in [1.54, 1.807) is 11.3 Å². The van der Waals surface area contributed by atoms with Gasteiger partial charge in [-0.1, -0.05) is 78.9 Å². The Labute approximate surface area is 230 Å². The average molecular weight is 538 g/mol. The van der Waals surface area contributed by atoms with Crippen molar-refractivity contribution >= 4 is 59.1 Å². The van der Waals surface area contributed by atoms with E-state index in [2.05, 4.69) is 66.7 Å². The summed E-state index contributed by atoms with van der Waals surface area (Å²) in [5, 5.41) is 5.29. The first-order valence-corrected chi connectivity index (χ1v) is 14.4. The van der Waals surface area contributed by atoms with Crippen molar-refractivity contribution < 1.29 is 0 Å². The van der Waals surface area contributed by atoms with E-state index in [4.69, 9.17) is 0 Å². The van der Waals surface area contributed by atoms with Gasteiger partial charge in [-0.3, -0.25) is 9.59 Å². The van der Waals surface area contributed by atoms with Gasteiger partial charge in [-0.05, 0) is 63.5 Å². The van der Waals surface area contributed by atoms with Gasteiger partial charge in [-0.25, -0.2) is 4.40 Å². The Morgan fingerprint density at radius 2 is 1.10 bits per heavy atom. The number of aromatic nitrogens is 1. The lowest BCUT2D eigenvalue weighted by atomic mass is 9.94. The van der Waals surface area contributed by atoms with E-state index in [1.165, 1.54) is 15.7 Å². The number of nitrogens with zero attached hydrogens (tertiary/aromatic N) is 1. The zero-order valence-electron chi connectivity index (χ0n) is 20.5. The van der Waals surface area contributed by atoms with Crippen molar-refractivity contribution in [2.45, 2.75) is 0 Å². The summed E-state index contributed by atoms with van der Waals surface area (Å²) in [5.74, 6) is 0. The summed E-state index contributed by atoms with van der Waals surface area (Å²) in [6.07, 6.45) is 0. The minimum Gasteiger partial charge on any atom is -0.268 e. The van der Waals surface area contributed by atoms with Crippen LogP contribution in [0.4, 0.5) is 0 Å². The lowest BCUT2D eigenvalue weighted by molar-refractivity contribution is 1.09. The second-order valence-corrected chi connectivity index (χ2v) is 11.6. The predicted molar refractivity (Wildman–Crippen MR) is 166 cm³/mol. The van der Waals surface area contributed by atoms with Crippen molar-refractivity contribution in [2.24, 2.45) is 0 Å². The molecule has 0 bridgehead atoms. The first-order chi connectivity index (χ1) is 19.2. The molecule has 4 aromatic carbocycles. The maximum Gasteiger partial charge on any atom is 0.276 e. The number of pyridine rings is 2. The third kappa shape index (κ3) is 3.27. The molecule has 8 rings (SSSR count). The molecule has 0 fully saturated rings. The molecular formula is C34H19NO2S2. The molecule has 4 aromatic heterocycles. The number of benzene rings is 4. The average Bonchev–Trinajstić information content (AvgIpc) is 3.64. The van der Waals surface area contributed by atoms with Crippen LogP contribution in [-0.4, -0.2) is 4.40 Å². The Morgan fingerprint density at radius 1 is 0.513 bits per heavy atom. The van der Waals surface area contributed by atoms with E-state index in [0.717, 1.165) is 59.1 Å². The molecule has 0 unspecified atom stereocenters. The van der Waals surface area contributed by atoms with E-state index < -0.39 is 0 Å². The van der Waals surface area contributed by atoms with Crippen LogP contribution >= 0.6 is 22.7 Å². The molecular weight excluding hydrogens is 519 g/mol. The van der Waals surface area contributed by atoms with Crippen LogP contribution < -0.4 is 11.1 Å². The summed E-state index contributed by atoms with van der Waals surface area (Å²) in [4.78, 5) is 28.4. The van der Waals surface area contributed by atoms with Crippen molar-refractivity contribution in [3.05, 3.63) is 135 Å². The van der Waals surface area contributed by atoms with Crippen molar-refractivity contribution in [1.29, 1.82) is 0 Å². The van der Waals surface area contributed by atoms with E-state index in [0.29, 0.717) is 10.1 Å². The summed E-state index contributed by atoms with van der Waals surface area (Å²) >= 11 is 3.06. The summed E-state index contributed by atoms with van der Waals surface area (Å²) in [6, 6.07) is 37.1. The van der Waals surface area contributed by atoms with Gasteiger partial charge in [0.1, 0.15) is 4.70 Å². The van der Waals surface area contributed by atoms with Crippen LogP contribution in [0.1, 0.15) is 0 Å². The van der Waals surface area contributed by atoms with Gasteiger partial charge >= 0.3 is 0 Å². The second kappa shape index (κ2) is 8.46. The third-order valence-electron chi connectivity index (χ3n) is 7.45. The highest BCUT2D eigenvalue weighted by Gasteiger charge is 2.23. The largest absolute Gasteiger partial charge is 0.276 e. The molecule has 4 heterocycles. The van der Waals surface area contributed by atoms with Crippen LogP contribution in [0.5, 0.6) is 0 Å². The third-order valence-corrected chi connectivity index (χ3v) is 9.62. The van der Waals surface area contributed by atoms with Gasteiger partial charge in [0.25, 0.3) is 11.1 Å². The van der Waals surface area contributed by atoms with Crippen molar-refractivity contribution in [3.63, 3.8) is 0 Å². The highest BCUT2D eigenvalue weighted by Crippen LogP contribution is 2.46. The van der Waals surface area contributed by atoms with E-state index >= 15 is 0 Å². The highest BCUT2D eigenvalue weighted by atomic mass is 32.1. The molecule has 0 spiro atoms. The predicted octanol–water partition coefficient (Wildman–Crippen LogP) is 8.68. The van der Waals surface area contributed by atoms with E-state index in [1.807, 2.05) is 47.8 Å². The molecule has 39 heavy (non-hydrogen) atoms. The molecule has 0 N–H and O–H groups in total. The Hall–Kier alpha value is -4.58. The number of rotatable bonds is 3. The Balaban J connectivity index is 1.56. The van der Waals surface area contributed by atoms with Gasteiger partial charge in [0.05, 0.1) is 10.2 Å². The van der Waals surface area contributed by atoms with Crippen LogP contribution in [0.25, 0.3) is 69.2 Å². The highest BCUT2D eigenvalue weighted by molar-refractivity contribution is 7.24. The first kappa shape index (κ1) is 22.4. The minimum absolute atomic E-state index is 0.236. The van der Waals surface area contributed by atoms with E-state index in [9.17, 15) is 9.59 Å². The number of hydrogen-bond acceptors (Lipinski definition) is 4. The monoisotopic (exact) mass is 537 g/mol. The molecule has 0 aliphatic carbocycles. The molecule has 0 atom stereocenters. The fourth-order valence-corrected chi connectivity index (χ4v) is 7.84. The molecule has 8 aromatic rings. The summed E-state index contributed by atoms with van der Waals surface area (Å²) in [7, 11) is 0. The maximum atomic E-state index is 13.7. The van der Waals surface area contributed by atoms with Crippen molar-refractivity contribution in [2.75, 3.05) is 0 Å². The first-order valence-electron chi connectivity index (χ1n) is 12.7. The summed E-state index contributed by atoms with van der Waals surface area (Å²) in [6.45, 7) is 0. The lowest BCUT2D eigenvalue weighted by Gasteiger charge is -2.11. The van der Waals surface area contributed by atoms with Gasteiger partial charge in [0.15, 0.2) is 0 Å². The Bertz CT molecular complexity index is 2260. The second-order valence-electron chi connectivity index (χ2n) is 9.67. The standard InChI is InChI=1S/C34H19NO2S2/c36-33-26-14-8-7-13-25(26)31-29-28(27-15-16-38-32(27)34(37)35(29)33)30(39-31)24-18-22(20-9-3-1-4-10-20)17-23(19-24)21-11-5-2-6-12-21/h1-19H. The molecule has 0 radical (unpaired) electrons. The molecule has 184 valence electrons. The SMILES string of the molecule is O=c1c2ccccc2c2sc(-c3cc(-c4ccccc4)cc(-c4ccccc4)c3)c3c4ccsc4c(=O)n1c23. The van der Waals surface area contributed by atoms with Crippen molar-refractivity contribution in [3.8, 4) is 32.7 Å². The molecule has 0 saturated carbocycles. The fraction of sp³-hybridized carbons (Fsp3) is 0. The number of fused-ring (bicyclic) bond motifs is 4. The quantitative estimate of drug-likeness (QED) is 0.212. The van der Waals surface area contributed by atoms with Crippen LogP contribution in [0.3, 0.4) is 0 Å². The van der Waals surface area contributed by atoms with Gasteiger partial charge in [0, 0.05) is 26.4 Å². The lowest BCUT2D eigenvalue weighted by Crippen LogP contribution is -2.26. The molecule has 3 nitrogen and oxygen atoms in total. The molecule has 0 amide bonds. The normalized spacial score (nSPS) is 11.8. The molecule has 5 heteroatoms. The minimum atomic E-state index is -0.254. The number of thiophene rings is 2. The van der Waals surface area contributed by atoms with Crippen LogP contribution in [-0.2, 0) is 0 Å². The molecule has 0 aliphatic heterocycles. The van der Waals surface area contributed by atoms with Crippen LogP contribution in [0, 0.1) is 0 Å². The van der Waals surface area contributed by atoms with Crippen LogP contribution in [0.15, 0.2) is 124 Å². The van der Waals surface area contributed by atoms with Crippen LogP contribution in [0.2, 0.25) is 0 Å².